The number of carbonyl (C=O) groups is 2. The maximum Gasteiger partial charge on any atom is 0.287 e. The van der Waals surface area contributed by atoms with Crippen molar-refractivity contribution in [1.29, 1.82) is 0 Å². The van der Waals surface area contributed by atoms with Crippen molar-refractivity contribution < 1.29 is 14.0 Å². The van der Waals surface area contributed by atoms with Crippen LogP contribution in [-0.4, -0.2) is 22.0 Å². The zero-order valence-corrected chi connectivity index (χ0v) is 13.1. The smallest absolute Gasteiger partial charge is 0.273 e. The zero-order chi connectivity index (χ0) is 17.6. The molecule has 7 heteroatoms. The molecule has 0 radical (unpaired) electrons. The van der Waals surface area contributed by atoms with Gasteiger partial charge in [-0.1, -0.05) is 42.5 Å². The summed E-state index contributed by atoms with van der Waals surface area (Å²) >= 11 is 0. The second kappa shape index (κ2) is 7.39. The second-order valence-corrected chi connectivity index (χ2v) is 5.34. The third-order valence-corrected chi connectivity index (χ3v) is 3.49. The first-order valence-electron chi connectivity index (χ1n) is 7.56. The second-order valence-electron chi connectivity index (χ2n) is 5.34. The van der Waals surface area contributed by atoms with Gasteiger partial charge in [0.05, 0.1) is 12.1 Å². The Hall–Kier alpha value is -3.48. The number of amides is 2. The summed E-state index contributed by atoms with van der Waals surface area (Å²) in [4.78, 5) is 23.9. The monoisotopic (exact) mass is 338 g/mol. The molecular weight excluding hydrogens is 323 g/mol. The largest absolute Gasteiger partial charge is 0.287 e. The number of aromatic amines is 1. The summed E-state index contributed by atoms with van der Waals surface area (Å²) in [6, 6.07) is 16.6. The molecule has 6 nitrogen and oxygen atoms in total. The van der Waals surface area contributed by atoms with Gasteiger partial charge in [-0.25, -0.2) is 4.39 Å². The average Bonchev–Trinajstić information content (AvgIpc) is 3.13. The number of nitrogens with zero attached hydrogens (tertiary/aromatic N) is 1. The molecule has 0 aliphatic carbocycles. The minimum Gasteiger partial charge on any atom is -0.273 e. The first-order valence-corrected chi connectivity index (χ1v) is 7.56. The highest BCUT2D eigenvalue weighted by molar-refractivity contribution is 5.94. The molecule has 2 amide bonds. The topological polar surface area (TPSA) is 86.9 Å². The summed E-state index contributed by atoms with van der Waals surface area (Å²) < 4.78 is 12.8. The van der Waals surface area contributed by atoms with Gasteiger partial charge in [-0.05, 0) is 23.8 Å². The summed E-state index contributed by atoms with van der Waals surface area (Å²) in [6.07, 6.45) is 0.0266. The maximum atomic E-state index is 12.8. The number of H-pyrrole nitrogens is 1. The number of hydrogen-bond donors (Lipinski definition) is 3. The molecule has 0 bridgehead atoms. The fraction of sp³-hybridized carbons (Fsp3) is 0.0556. The SMILES string of the molecule is O=C(Cc1ccc(F)cc1)NNC(=O)c1cc(-c2ccccc2)n[nH]1. The van der Waals surface area contributed by atoms with Crippen molar-refractivity contribution in [2.24, 2.45) is 0 Å². The number of nitrogens with one attached hydrogen (secondary N) is 3. The van der Waals surface area contributed by atoms with Gasteiger partial charge in [-0.3, -0.25) is 25.5 Å². The van der Waals surface area contributed by atoms with Crippen LogP contribution >= 0.6 is 0 Å². The normalized spacial score (nSPS) is 10.3. The van der Waals surface area contributed by atoms with Gasteiger partial charge in [0, 0.05) is 5.56 Å². The molecule has 0 unspecified atom stereocenters. The van der Waals surface area contributed by atoms with Gasteiger partial charge in [0.15, 0.2) is 0 Å². The highest BCUT2D eigenvalue weighted by atomic mass is 19.1. The quantitative estimate of drug-likeness (QED) is 0.638. The predicted octanol–water partition coefficient (Wildman–Crippen LogP) is 2.22. The highest BCUT2D eigenvalue weighted by Gasteiger charge is 2.12. The first kappa shape index (κ1) is 16.4. The highest BCUT2D eigenvalue weighted by Crippen LogP contribution is 2.16. The molecule has 0 saturated heterocycles. The van der Waals surface area contributed by atoms with Gasteiger partial charge in [0.25, 0.3) is 5.91 Å². The molecule has 0 saturated carbocycles. The average molecular weight is 338 g/mol. The minimum atomic E-state index is -0.512. The van der Waals surface area contributed by atoms with Crippen molar-refractivity contribution in [3.8, 4) is 11.3 Å². The zero-order valence-electron chi connectivity index (χ0n) is 13.1. The van der Waals surface area contributed by atoms with Crippen molar-refractivity contribution in [3.05, 3.63) is 77.7 Å². The van der Waals surface area contributed by atoms with Crippen LogP contribution in [0.15, 0.2) is 60.7 Å². The number of rotatable bonds is 4. The van der Waals surface area contributed by atoms with Gasteiger partial charge in [0.2, 0.25) is 5.91 Å². The number of carbonyl (C=O) groups excluding carboxylic acids is 2. The van der Waals surface area contributed by atoms with Gasteiger partial charge < -0.3 is 0 Å². The third kappa shape index (κ3) is 4.29. The van der Waals surface area contributed by atoms with Crippen molar-refractivity contribution in [2.45, 2.75) is 6.42 Å². The number of hydrogen-bond acceptors (Lipinski definition) is 3. The van der Waals surface area contributed by atoms with Crippen LogP contribution in [0.4, 0.5) is 4.39 Å². The van der Waals surface area contributed by atoms with Crippen LogP contribution in [0.1, 0.15) is 16.1 Å². The van der Waals surface area contributed by atoms with Crippen molar-refractivity contribution in [2.75, 3.05) is 0 Å². The summed E-state index contributed by atoms with van der Waals surface area (Å²) in [5.41, 5.74) is 6.99. The maximum absolute atomic E-state index is 12.8. The van der Waals surface area contributed by atoms with Gasteiger partial charge >= 0.3 is 0 Å². The Kier molecular flexibility index (Phi) is 4.84. The summed E-state index contributed by atoms with van der Waals surface area (Å²) in [5.74, 6) is -1.30. The van der Waals surface area contributed by atoms with Crippen LogP contribution in [0, 0.1) is 5.82 Å². The molecule has 1 aromatic heterocycles. The Morgan fingerprint density at radius 2 is 1.72 bits per heavy atom. The molecule has 0 atom stereocenters. The van der Waals surface area contributed by atoms with E-state index in [-0.39, 0.29) is 17.9 Å². The summed E-state index contributed by atoms with van der Waals surface area (Å²) in [5, 5.41) is 6.71. The molecule has 3 N–H and O–H groups in total. The van der Waals surface area contributed by atoms with Crippen molar-refractivity contribution in [1.82, 2.24) is 21.0 Å². The van der Waals surface area contributed by atoms with Crippen LogP contribution in [0.3, 0.4) is 0 Å². The molecular formula is C18H15FN4O2. The lowest BCUT2D eigenvalue weighted by atomic mass is 10.1. The summed E-state index contributed by atoms with van der Waals surface area (Å²) in [6.45, 7) is 0. The van der Waals surface area contributed by atoms with Crippen LogP contribution in [0.2, 0.25) is 0 Å². The lowest BCUT2D eigenvalue weighted by molar-refractivity contribution is -0.121. The predicted molar refractivity (Wildman–Crippen MR) is 89.7 cm³/mol. The fourth-order valence-electron chi connectivity index (χ4n) is 2.22. The van der Waals surface area contributed by atoms with E-state index in [1.807, 2.05) is 30.3 Å². The van der Waals surface area contributed by atoms with Crippen molar-refractivity contribution >= 4 is 11.8 Å². The molecule has 126 valence electrons. The first-order chi connectivity index (χ1) is 12.1. The Balaban J connectivity index is 1.55. The Morgan fingerprint density at radius 3 is 2.44 bits per heavy atom. The van der Waals surface area contributed by atoms with E-state index in [0.717, 1.165) is 5.56 Å². The molecule has 0 aliphatic heterocycles. The van der Waals surface area contributed by atoms with E-state index >= 15 is 0 Å². The molecule has 0 fully saturated rings. The Labute approximate surface area is 143 Å². The van der Waals surface area contributed by atoms with Gasteiger partial charge in [-0.15, -0.1) is 0 Å². The van der Waals surface area contributed by atoms with Crippen molar-refractivity contribution in [3.63, 3.8) is 0 Å². The number of halogens is 1. The minimum absolute atomic E-state index is 0.0266. The molecule has 0 aliphatic rings. The Bertz CT molecular complexity index is 876. The molecule has 0 spiro atoms. The van der Waals surface area contributed by atoms with E-state index in [4.69, 9.17) is 0 Å². The molecule has 2 aromatic carbocycles. The Morgan fingerprint density at radius 1 is 1.00 bits per heavy atom. The van der Waals surface area contributed by atoms with E-state index in [2.05, 4.69) is 21.0 Å². The molecule has 3 rings (SSSR count). The number of benzene rings is 2. The van der Waals surface area contributed by atoms with Gasteiger partial charge in [0.1, 0.15) is 11.5 Å². The van der Waals surface area contributed by atoms with Crippen LogP contribution in [-0.2, 0) is 11.2 Å². The van der Waals surface area contributed by atoms with Crippen LogP contribution in [0.5, 0.6) is 0 Å². The van der Waals surface area contributed by atoms with Gasteiger partial charge in [-0.2, -0.15) is 5.10 Å². The van der Waals surface area contributed by atoms with E-state index in [0.29, 0.717) is 11.3 Å². The summed E-state index contributed by atoms with van der Waals surface area (Å²) in [7, 11) is 0. The molecule has 1 heterocycles. The number of hydrazine groups is 1. The number of aromatic nitrogens is 2. The lowest BCUT2D eigenvalue weighted by Crippen LogP contribution is -2.42. The molecule has 3 aromatic rings. The van der Waals surface area contributed by atoms with E-state index in [1.54, 1.807) is 6.07 Å². The lowest BCUT2D eigenvalue weighted by Gasteiger charge is -2.06. The van der Waals surface area contributed by atoms with E-state index in [1.165, 1.54) is 24.3 Å². The van der Waals surface area contributed by atoms with E-state index in [9.17, 15) is 14.0 Å². The molecule has 25 heavy (non-hydrogen) atoms. The van der Waals surface area contributed by atoms with Crippen LogP contribution < -0.4 is 10.9 Å². The van der Waals surface area contributed by atoms with Crippen LogP contribution in [0.25, 0.3) is 11.3 Å². The standard InChI is InChI=1S/C18H15FN4O2/c19-14-8-6-12(7-9-14)10-17(24)22-23-18(25)16-11-15(20-21-16)13-4-2-1-3-5-13/h1-9,11H,10H2,(H,20,21)(H,22,24)(H,23,25). The fourth-order valence-corrected chi connectivity index (χ4v) is 2.22. The third-order valence-electron chi connectivity index (χ3n) is 3.49. The van der Waals surface area contributed by atoms with E-state index < -0.39 is 11.8 Å².